The molecule has 1 spiro atoms. The molecule has 5 rings (SSSR count). The van der Waals surface area contributed by atoms with E-state index in [-0.39, 0.29) is 0 Å². The SMILES string of the molecule is C=C1C=C2C3(CCC(CCCO)C3)CCC(C3CCCCC3)C2(C)C2C1C2(C)C. The normalized spacial score (nSPS) is 46.3. The molecule has 162 valence electrons. The molecule has 5 aliphatic carbocycles. The monoisotopic (exact) mass is 396 g/mol. The summed E-state index contributed by atoms with van der Waals surface area (Å²) in [7, 11) is 0. The van der Waals surface area contributed by atoms with Crippen molar-refractivity contribution in [1.82, 2.24) is 0 Å². The second-order valence-corrected chi connectivity index (χ2v) is 12.5. The summed E-state index contributed by atoms with van der Waals surface area (Å²) >= 11 is 0. The van der Waals surface area contributed by atoms with Crippen molar-refractivity contribution in [2.75, 3.05) is 6.61 Å². The molecule has 0 aliphatic heterocycles. The van der Waals surface area contributed by atoms with Crippen LogP contribution in [-0.2, 0) is 0 Å². The Balaban J connectivity index is 1.51. The number of rotatable bonds is 4. The van der Waals surface area contributed by atoms with Gasteiger partial charge in [-0.15, -0.1) is 0 Å². The Bertz CT molecular complexity index is 695. The van der Waals surface area contributed by atoms with Crippen molar-refractivity contribution in [1.29, 1.82) is 0 Å². The summed E-state index contributed by atoms with van der Waals surface area (Å²) in [5.41, 5.74) is 4.60. The Morgan fingerprint density at radius 2 is 1.76 bits per heavy atom. The fourth-order valence-corrected chi connectivity index (χ4v) is 9.67. The highest BCUT2D eigenvalue weighted by Gasteiger charge is 2.72. The molecule has 1 nitrogen and oxygen atoms in total. The van der Waals surface area contributed by atoms with Gasteiger partial charge >= 0.3 is 0 Å². The summed E-state index contributed by atoms with van der Waals surface area (Å²) in [6.07, 6.45) is 19.3. The van der Waals surface area contributed by atoms with Crippen LogP contribution in [0.2, 0.25) is 0 Å². The van der Waals surface area contributed by atoms with E-state index in [2.05, 4.69) is 33.4 Å². The highest BCUT2D eigenvalue weighted by atomic mass is 16.2. The van der Waals surface area contributed by atoms with E-state index in [1.165, 1.54) is 76.2 Å². The molecule has 5 aliphatic rings. The predicted octanol–water partition coefficient (Wildman–Crippen LogP) is 7.31. The molecule has 1 N–H and O–H groups in total. The van der Waals surface area contributed by atoms with Crippen LogP contribution in [0.4, 0.5) is 0 Å². The minimum absolute atomic E-state index is 0.364. The minimum atomic E-state index is 0.364. The Labute approximate surface area is 179 Å². The standard InChI is InChI=1S/C28H44O/c1-19-17-23-27(4,25-24(19)26(25,2)3)22(21-10-6-5-7-11-21)13-15-28(23)14-12-20(18-28)9-8-16-29/h17,20-22,24-25,29H,1,5-16,18H2,2-4H3. The number of aliphatic hydroxyl groups excluding tert-OH is 1. The summed E-state index contributed by atoms with van der Waals surface area (Å²) in [5.74, 6) is 4.24. The van der Waals surface area contributed by atoms with Crippen LogP contribution in [0, 0.1) is 45.8 Å². The summed E-state index contributed by atoms with van der Waals surface area (Å²) in [6, 6.07) is 0. The molecule has 0 aromatic rings. The molecule has 0 aromatic heterocycles. The van der Waals surface area contributed by atoms with Crippen molar-refractivity contribution in [3.63, 3.8) is 0 Å². The predicted molar refractivity (Wildman–Crippen MR) is 121 cm³/mol. The fraction of sp³-hybridized carbons (Fsp3) is 0.857. The molecule has 0 radical (unpaired) electrons. The smallest absolute Gasteiger partial charge is 0.0431 e. The van der Waals surface area contributed by atoms with Gasteiger partial charge in [0.2, 0.25) is 0 Å². The second kappa shape index (κ2) is 6.98. The van der Waals surface area contributed by atoms with Gasteiger partial charge in [-0.05, 0) is 90.8 Å². The first kappa shape index (κ1) is 20.3. The molecule has 0 saturated heterocycles. The lowest BCUT2D eigenvalue weighted by molar-refractivity contribution is 0.0124. The van der Waals surface area contributed by atoms with Crippen LogP contribution in [0.3, 0.4) is 0 Å². The summed E-state index contributed by atoms with van der Waals surface area (Å²) in [5, 5.41) is 9.35. The Hall–Kier alpha value is -0.560. The molecular formula is C28H44O. The third-order valence-electron chi connectivity index (χ3n) is 10.8. The average Bonchev–Trinajstić information content (AvgIpc) is 3.10. The minimum Gasteiger partial charge on any atom is -0.396 e. The molecule has 6 unspecified atom stereocenters. The third kappa shape index (κ3) is 2.89. The molecule has 0 heterocycles. The maximum Gasteiger partial charge on any atom is 0.0431 e. The van der Waals surface area contributed by atoms with E-state index >= 15 is 0 Å². The molecule has 4 fully saturated rings. The Kier molecular flexibility index (Phi) is 4.89. The van der Waals surface area contributed by atoms with Crippen molar-refractivity contribution in [2.45, 2.75) is 97.8 Å². The number of allylic oxidation sites excluding steroid dienone is 3. The van der Waals surface area contributed by atoms with Crippen molar-refractivity contribution in [3.8, 4) is 0 Å². The lowest BCUT2D eigenvalue weighted by Gasteiger charge is -2.57. The number of hydrogen-bond acceptors (Lipinski definition) is 1. The van der Waals surface area contributed by atoms with Crippen LogP contribution in [0.25, 0.3) is 0 Å². The second-order valence-electron chi connectivity index (χ2n) is 12.5. The molecule has 1 heteroatoms. The topological polar surface area (TPSA) is 20.2 Å². The molecule has 6 atom stereocenters. The average molecular weight is 397 g/mol. The summed E-state index contributed by atoms with van der Waals surface area (Å²) in [4.78, 5) is 0. The summed E-state index contributed by atoms with van der Waals surface area (Å²) < 4.78 is 0. The van der Waals surface area contributed by atoms with E-state index in [1.54, 1.807) is 0 Å². The van der Waals surface area contributed by atoms with E-state index in [1.807, 2.05) is 5.57 Å². The van der Waals surface area contributed by atoms with E-state index in [0.29, 0.717) is 22.9 Å². The quantitative estimate of drug-likeness (QED) is 0.528. The van der Waals surface area contributed by atoms with Crippen LogP contribution in [-0.4, -0.2) is 11.7 Å². The largest absolute Gasteiger partial charge is 0.396 e. The zero-order chi connectivity index (χ0) is 20.4. The molecular weight excluding hydrogens is 352 g/mol. The van der Waals surface area contributed by atoms with E-state index in [4.69, 9.17) is 0 Å². The molecule has 0 bridgehead atoms. The van der Waals surface area contributed by atoms with Gasteiger partial charge in [-0.1, -0.05) is 76.7 Å². The molecule has 4 saturated carbocycles. The van der Waals surface area contributed by atoms with Crippen molar-refractivity contribution in [3.05, 3.63) is 23.8 Å². The van der Waals surface area contributed by atoms with E-state index in [9.17, 15) is 5.11 Å². The first-order valence-corrected chi connectivity index (χ1v) is 12.9. The van der Waals surface area contributed by atoms with E-state index < -0.39 is 0 Å². The summed E-state index contributed by atoms with van der Waals surface area (Å²) in [6.45, 7) is 12.8. The van der Waals surface area contributed by atoms with Crippen LogP contribution in [0.1, 0.15) is 97.8 Å². The van der Waals surface area contributed by atoms with Gasteiger partial charge < -0.3 is 5.11 Å². The number of fused-ring (bicyclic) bond motifs is 4. The van der Waals surface area contributed by atoms with Crippen LogP contribution in [0.5, 0.6) is 0 Å². The Morgan fingerprint density at radius 1 is 1.03 bits per heavy atom. The van der Waals surface area contributed by atoms with Crippen LogP contribution in [0.15, 0.2) is 23.8 Å². The van der Waals surface area contributed by atoms with Gasteiger partial charge in [-0.25, -0.2) is 0 Å². The molecule has 29 heavy (non-hydrogen) atoms. The zero-order valence-corrected chi connectivity index (χ0v) is 19.3. The maximum absolute atomic E-state index is 9.35. The van der Waals surface area contributed by atoms with Gasteiger partial charge in [0.25, 0.3) is 0 Å². The van der Waals surface area contributed by atoms with Gasteiger partial charge in [0.15, 0.2) is 0 Å². The van der Waals surface area contributed by atoms with Gasteiger partial charge in [0, 0.05) is 6.61 Å². The van der Waals surface area contributed by atoms with E-state index in [0.717, 1.165) is 36.0 Å². The van der Waals surface area contributed by atoms with Gasteiger partial charge in [0.05, 0.1) is 0 Å². The first-order chi connectivity index (χ1) is 13.8. The highest BCUT2D eigenvalue weighted by molar-refractivity contribution is 5.48. The molecule has 0 aromatic carbocycles. The van der Waals surface area contributed by atoms with Gasteiger partial charge in [-0.2, -0.15) is 0 Å². The highest BCUT2D eigenvalue weighted by Crippen LogP contribution is 2.79. The van der Waals surface area contributed by atoms with Crippen molar-refractivity contribution < 1.29 is 5.11 Å². The molecule has 0 amide bonds. The zero-order valence-electron chi connectivity index (χ0n) is 19.3. The lowest BCUT2D eigenvalue weighted by Crippen LogP contribution is -2.49. The number of aliphatic hydroxyl groups is 1. The fourth-order valence-electron chi connectivity index (χ4n) is 9.67. The van der Waals surface area contributed by atoms with Crippen molar-refractivity contribution >= 4 is 0 Å². The first-order valence-electron chi connectivity index (χ1n) is 12.9. The van der Waals surface area contributed by atoms with Crippen LogP contribution < -0.4 is 0 Å². The van der Waals surface area contributed by atoms with Gasteiger partial charge in [0.1, 0.15) is 0 Å². The third-order valence-corrected chi connectivity index (χ3v) is 10.8. The maximum atomic E-state index is 9.35. The van der Waals surface area contributed by atoms with Gasteiger partial charge in [-0.3, -0.25) is 0 Å². The number of hydrogen-bond donors (Lipinski definition) is 1. The van der Waals surface area contributed by atoms with Crippen molar-refractivity contribution in [2.24, 2.45) is 45.8 Å². The van der Waals surface area contributed by atoms with Crippen LogP contribution >= 0.6 is 0 Å². The lowest BCUT2D eigenvalue weighted by atomic mass is 9.47. The Morgan fingerprint density at radius 3 is 2.48 bits per heavy atom.